The molecule has 0 unspecified atom stereocenters. The molecule has 1 amide bonds. The first-order valence-corrected chi connectivity index (χ1v) is 11.0. The number of carbonyl (C=O) groups excluding carboxylic acids is 1. The Morgan fingerprint density at radius 2 is 1.94 bits per heavy atom. The Morgan fingerprint density at radius 1 is 1.15 bits per heavy atom. The summed E-state index contributed by atoms with van der Waals surface area (Å²) >= 11 is 0. The summed E-state index contributed by atoms with van der Waals surface area (Å²) in [6, 6.07) is 2.99. The molecule has 2 aromatic heterocycles. The molecule has 3 fully saturated rings. The average molecular weight is 481 g/mol. The van der Waals surface area contributed by atoms with Crippen LogP contribution in [-0.4, -0.2) is 77.1 Å². The van der Waals surface area contributed by atoms with Gasteiger partial charge in [0, 0.05) is 56.8 Å². The molecule has 0 bridgehead atoms. The number of pyridine rings is 1. The van der Waals surface area contributed by atoms with Gasteiger partial charge in [0.15, 0.2) is 11.6 Å². The fourth-order valence-electron chi connectivity index (χ4n) is 4.46. The molecule has 34 heavy (non-hydrogen) atoms. The third-order valence-corrected chi connectivity index (χ3v) is 6.28. The molecule has 0 atom stereocenters. The highest BCUT2D eigenvalue weighted by Crippen LogP contribution is 2.35. The molecule has 9 nitrogen and oxygen atoms in total. The van der Waals surface area contributed by atoms with Gasteiger partial charge in [0.1, 0.15) is 5.82 Å². The number of anilines is 3. The zero-order chi connectivity index (χ0) is 24.0. The Morgan fingerprint density at radius 3 is 2.59 bits per heavy atom. The maximum Gasteiger partial charge on any atom is 0.387 e. The largest absolute Gasteiger partial charge is 0.431 e. The molecule has 13 heteroatoms. The molecule has 3 aliphatic heterocycles. The first-order chi connectivity index (χ1) is 16.2. The fourth-order valence-corrected chi connectivity index (χ4v) is 4.46. The van der Waals surface area contributed by atoms with Crippen molar-refractivity contribution in [2.24, 2.45) is 0 Å². The first kappa shape index (κ1) is 22.4. The number of carbonyl (C=O) groups is 1. The lowest BCUT2D eigenvalue weighted by molar-refractivity contribution is -0.130. The number of likely N-dealkylation sites (tertiary alicyclic amines) is 1. The van der Waals surface area contributed by atoms with Gasteiger partial charge in [-0.3, -0.25) is 4.79 Å². The summed E-state index contributed by atoms with van der Waals surface area (Å²) in [5.41, 5.74) is 6.27. The van der Waals surface area contributed by atoms with Gasteiger partial charge >= 0.3 is 6.61 Å². The van der Waals surface area contributed by atoms with Gasteiger partial charge < -0.3 is 25.2 Å². The van der Waals surface area contributed by atoms with Crippen LogP contribution in [0.2, 0.25) is 0 Å². The van der Waals surface area contributed by atoms with Crippen molar-refractivity contribution in [2.75, 3.05) is 48.3 Å². The normalized spacial score (nSPS) is 20.4. The number of nitrogen functional groups attached to an aromatic ring is 1. The lowest BCUT2D eigenvalue weighted by Gasteiger charge is -2.44. The quantitative estimate of drug-likeness (QED) is 0.628. The van der Waals surface area contributed by atoms with Crippen LogP contribution in [-0.2, 0) is 4.79 Å². The van der Waals surface area contributed by atoms with Crippen LogP contribution in [0, 0.1) is 0 Å². The second kappa shape index (κ2) is 8.44. The number of aromatic nitrogens is 3. The maximum absolute atomic E-state index is 13.9. The van der Waals surface area contributed by atoms with Crippen molar-refractivity contribution in [3.8, 4) is 17.0 Å². The topological polar surface area (TPSA) is 101 Å². The van der Waals surface area contributed by atoms with Crippen LogP contribution in [0.4, 0.5) is 35.1 Å². The van der Waals surface area contributed by atoms with Crippen molar-refractivity contribution >= 4 is 23.5 Å². The van der Waals surface area contributed by atoms with E-state index >= 15 is 0 Å². The highest BCUT2D eigenvalue weighted by atomic mass is 19.3. The zero-order valence-corrected chi connectivity index (χ0v) is 18.1. The Labute approximate surface area is 192 Å². The van der Waals surface area contributed by atoms with Crippen LogP contribution in [0.3, 0.4) is 0 Å². The lowest BCUT2D eigenvalue weighted by atomic mass is 10.1. The fraction of sp³-hybridized carbons (Fsp3) is 0.524. The minimum absolute atomic E-state index is 0.0669. The van der Waals surface area contributed by atoms with Gasteiger partial charge in [0.2, 0.25) is 11.9 Å². The van der Waals surface area contributed by atoms with Gasteiger partial charge in [-0.25, -0.2) is 18.7 Å². The van der Waals surface area contributed by atoms with Crippen molar-refractivity contribution < 1.29 is 27.1 Å². The standard InChI is InChI=1S/C21H23F4N7O2/c22-19(23)34-15-6-12(8-27-18(15)26)14-7-16(29-20(28-14)30-5-3-21(24,25)11-30)31-9-13(10-31)32-4-1-2-17(32)33/h6-8,13,19H,1-5,9-11H2,(H2,26,27). The van der Waals surface area contributed by atoms with E-state index in [2.05, 4.69) is 19.7 Å². The summed E-state index contributed by atoms with van der Waals surface area (Å²) in [6.07, 6.45) is 2.43. The van der Waals surface area contributed by atoms with E-state index < -0.39 is 19.1 Å². The minimum atomic E-state index is -3.09. The molecule has 0 radical (unpaired) electrons. The number of ether oxygens (including phenoxy) is 1. The van der Waals surface area contributed by atoms with Crippen molar-refractivity contribution in [3.05, 3.63) is 18.3 Å². The number of nitrogens with two attached hydrogens (primary N) is 1. The van der Waals surface area contributed by atoms with E-state index in [1.54, 1.807) is 6.07 Å². The maximum atomic E-state index is 13.9. The third kappa shape index (κ3) is 4.38. The second-order valence-electron chi connectivity index (χ2n) is 8.67. The average Bonchev–Trinajstić information content (AvgIpc) is 3.33. The van der Waals surface area contributed by atoms with Gasteiger partial charge in [-0.15, -0.1) is 0 Å². The summed E-state index contributed by atoms with van der Waals surface area (Å²) in [5, 5.41) is 0. The molecule has 2 aromatic rings. The lowest BCUT2D eigenvalue weighted by Crippen LogP contribution is -2.60. The van der Waals surface area contributed by atoms with Crippen LogP contribution in [0.1, 0.15) is 19.3 Å². The molecule has 2 N–H and O–H groups in total. The van der Waals surface area contributed by atoms with Crippen molar-refractivity contribution in [1.82, 2.24) is 19.9 Å². The molecule has 0 spiro atoms. The van der Waals surface area contributed by atoms with E-state index in [0.717, 1.165) is 13.0 Å². The summed E-state index contributed by atoms with van der Waals surface area (Å²) in [6.45, 7) is -1.69. The molecular weight excluding hydrogens is 458 g/mol. The molecule has 0 aromatic carbocycles. The predicted molar refractivity (Wildman–Crippen MR) is 115 cm³/mol. The van der Waals surface area contributed by atoms with Crippen molar-refractivity contribution in [2.45, 2.75) is 37.8 Å². The Bertz CT molecular complexity index is 1100. The summed E-state index contributed by atoms with van der Waals surface area (Å²) < 4.78 is 57.7. The van der Waals surface area contributed by atoms with Crippen molar-refractivity contribution in [3.63, 3.8) is 0 Å². The minimum Gasteiger partial charge on any atom is -0.431 e. The number of halogens is 4. The molecule has 5 rings (SSSR count). The van der Waals surface area contributed by atoms with Gasteiger partial charge in [0.25, 0.3) is 5.92 Å². The SMILES string of the molecule is Nc1ncc(-c2cc(N3CC(N4CCCC4=O)C3)nc(N3CCC(F)(F)C3)n2)cc1OC(F)F. The summed E-state index contributed by atoms with van der Waals surface area (Å²) in [4.78, 5) is 30.1. The molecule has 182 valence electrons. The number of hydrogen-bond donors (Lipinski definition) is 1. The van der Waals surface area contributed by atoms with Crippen LogP contribution in [0.25, 0.3) is 11.3 Å². The van der Waals surface area contributed by atoms with Crippen LogP contribution < -0.4 is 20.3 Å². The van der Waals surface area contributed by atoms with E-state index in [1.807, 2.05) is 9.80 Å². The number of amides is 1. The van der Waals surface area contributed by atoms with Crippen molar-refractivity contribution in [1.29, 1.82) is 0 Å². The van der Waals surface area contributed by atoms with Crippen LogP contribution in [0.15, 0.2) is 18.3 Å². The molecular formula is C21H23F4N7O2. The Hall–Kier alpha value is -3.38. The smallest absolute Gasteiger partial charge is 0.387 e. The highest BCUT2D eigenvalue weighted by Gasteiger charge is 2.41. The first-order valence-electron chi connectivity index (χ1n) is 11.0. The van der Waals surface area contributed by atoms with E-state index in [4.69, 9.17) is 5.73 Å². The third-order valence-electron chi connectivity index (χ3n) is 6.28. The number of alkyl halides is 4. The highest BCUT2D eigenvalue weighted by molar-refractivity contribution is 5.79. The van der Waals surface area contributed by atoms with Gasteiger partial charge in [0.05, 0.1) is 18.3 Å². The van der Waals surface area contributed by atoms with E-state index in [0.29, 0.717) is 36.6 Å². The Balaban J connectivity index is 1.46. The molecule has 0 aliphatic carbocycles. The molecule has 3 saturated heterocycles. The van der Waals surface area contributed by atoms with Gasteiger partial charge in [-0.1, -0.05) is 0 Å². The second-order valence-corrected chi connectivity index (χ2v) is 8.67. The zero-order valence-electron chi connectivity index (χ0n) is 18.1. The molecule has 5 heterocycles. The van der Waals surface area contributed by atoms with Gasteiger partial charge in [-0.2, -0.15) is 13.8 Å². The van der Waals surface area contributed by atoms with Gasteiger partial charge in [-0.05, 0) is 12.5 Å². The number of hydrogen-bond acceptors (Lipinski definition) is 8. The Kier molecular flexibility index (Phi) is 5.56. The number of rotatable bonds is 6. The monoisotopic (exact) mass is 481 g/mol. The number of nitrogens with zero attached hydrogens (tertiary/aromatic N) is 6. The van der Waals surface area contributed by atoms with Crippen LogP contribution >= 0.6 is 0 Å². The van der Waals surface area contributed by atoms with E-state index in [1.165, 1.54) is 17.2 Å². The molecule has 3 aliphatic rings. The van der Waals surface area contributed by atoms with E-state index in [9.17, 15) is 22.4 Å². The summed E-state index contributed by atoms with van der Waals surface area (Å²) in [5.74, 6) is -2.63. The predicted octanol–water partition coefficient (Wildman–Crippen LogP) is 2.38. The molecule has 0 saturated carbocycles. The summed E-state index contributed by atoms with van der Waals surface area (Å²) in [7, 11) is 0. The van der Waals surface area contributed by atoms with Crippen LogP contribution in [0.5, 0.6) is 5.75 Å². The van der Waals surface area contributed by atoms with E-state index in [-0.39, 0.29) is 42.4 Å².